The molecule has 0 saturated heterocycles. The quantitative estimate of drug-likeness (QED) is 0.479. The van der Waals surface area contributed by atoms with Gasteiger partial charge in [-0.1, -0.05) is 31.9 Å². The fraction of sp³-hybridized carbons (Fsp3) is 0.533. The van der Waals surface area contributed by atoms with Crippen molar-refractivity contribution in [3.63, 3.8) is 0 Å². The molecule has 0 unspecified atom stereocenters. The highest BCUT2D eigenvalue weighted by atomic mass is 19.4. The van der Waals surface area contributed by atoms with Gasteiger partial charge in [-0.2, -0.15) is 13.2 Å². The first-order valence-electron chi connectivity index (χ1n) is 7.08. The molecule has 0 aliphatic rings. The molecule has 118 valence electrons. The zero-order valence-electron chi connectivity index (χ0n) is 12.4. The number of hydrogen-bond donors (Lipinski definition) is 2. The van der Waals surface area contributed by atoms with Crippen molar-refractivity contribution in [2.24, 2.45) is 4.99 Å². The van der Waals surface area contributed by atoms with Crippen molar-refractivity contribution in [2.45, 2.75) is 38.9 Å². The molecule has 0 heterocycles. The monoisotopic (exact) mass is 301 g/mol. The lowest BCUT2D eigenvalue weighted by Gasteiger charge is -2.13. The molecular formula is C15H22F3N3. The Morgan fingerprint density at radius 3 is 2.57 bits per heavy atom. The van der Waals surface area contributed by atoms with Crippen LogP contribution in [0.15, 0.2) is 29.3 Å². The average molecular weight is 301 g/mol. The van der Waals surface area contributed by atoms with Crippen LogP contribution in [-0.4, -0.2) is 19.6 Å². The molecule has 21 heavy (non-hydrogen) atoms. The predicted octanol–water partition coefficient (Wildman–Crippen LogP) is 3.56. The van der Waals surface area contributed by atoms with E-state index >= 15 is 0 Å². The van der Waals surface area contributed by atoms with Crippen molar-refractivity contribution in [3.05, 3.63) is 35.4 Å². The minimum Gasteiger partial charge on any atom is -0.356 e. The van der Waals surface area contributed by atoms with E-state index in [1.807, 2.05) is 0 Å². The van der Waals surface area contributed by atoms with Crippen molar-refractivity contribution >= 4 is 5.96 Å². The number of unbranched alkanes of at least 4 members (excludes halogenated alkanes) is 2. The Bertz CT molecular complexity index is 456. The maximum absolute atomic E-state index is 12.6. The fourth-order valence-corrected chi connectivity index (χ4v) is 1.85. The van der Waals surface area contributed by atoms with E-state index in [-0.39, 0.29) is 0 Å². The Hall–Kier alpha value is -1.72. The number of alkyl halides is 3. The topological polar surface area (TPSA) is 36.4 Å². The zero-order chi connectivity index (χ0) is 15.7. The highest BCUT2D eigenvalue weighted by Gasteiger charge is 2.30. The standard InChI is InChI=1S/C15H22F3N3/c1-3-4-5-9-20-14(19-2)21-11-12-7-6-8-13(10-12)15(16,17)18/h6-8,10H,3-5,9,11H2,1-2H3,(H2,19,20,21). The summed E-state index contributed by atoms with van der Waals surface area (Å²) in [6.07, 6.45) is -0.994. The summed E-state index contributed by atoms with van der Waals surface area (Å²) in [4.78, 5) is 4.04. The molecular weight excluding hydrogens is 279 g/mol. The summed E-state index contributed by atoms with van der Waals surface area (Å²) >= 11 is 0. The van der Waals surface area contributed by atoms with Crippen LogP contribution in [-0.2, 0) is 12.7 Å². The van der Waals surface area contributed by atoms with Gasteiger partial charge in [-0.3, -0.25) is 4.99 Å². The molecule has 0 aliphatic heterocycles. The summed E-state index contributed by atoms with van der Waals surface area (Å²) in [5.41, 5.74) is -0.0611. The summed E-state index contributed by atoms with van der Waals surface area (Å²) < 4.78 is 37.8. The molecule has 1 aromatic carbocycles. The number of hydrogen-bond acceptors (Lipinski definition) is 1. The number of nitrogens with one attached hydrogen (secondary N) is 2. The van der Waals surface area contributed by atoms with Gasteiger partial charge in [-0.25, -0.2) is 0 Å². The van der Waals surface area contributed by atoms with Crippen LogP contribution < -0.4 is 10.6 Å². The summed E-state index contributed by atoms with van der Waals surface area (Å²) in [7, 11) is 1.64. The van der Waals surface area contributed by atoms with E-state index in [0.717, 1.165) is 37.9 Å². The number of halogens is 3. The first-order valence-corrected chi connectivity index (χ1v) is 7.08. The molecule has 0 radical (unpaired) electrons. The van der Waals surface area contributed by atoms with Crippen LogP contribution in [0.2, 0.25) is 0 Å². The maximum atomic E-state index is 12.6. The van der Waals surface area contributed by atoms with Crippen LogP contribution in [0.4, 0.5) is 13.2 Å². The summed E-state index contributed by atoms with van der Waals surface area (Å²) in [5, 5.41) is 6.15. The normalized spacial score (nSPS) is 12.3. The number of guanidine groups is 1. The van der Waals surface area contributed by atoms with Crippen molar-refractivity contribution in [1.82, 2.24) is 10.6 Å². The Labute approximate surface area is 123 Å². The minimum absolute atomic E-state index is 0.303. The highest BCUT2D eigenvalue weighted by Crippen LogP contribution is 2.29. The smallest absolute Gasteiger partial charge is 0.356 e. The van der Waals surface area contributed by atoms with E-state index in [2.05, 4.69) is 22.5 Å². The van der Waals surface area contributed by atoms with E-state index in [1.165, 1.54) is 6.07 Å². The molecule has 0 aliphatic carbocycles. The van der Waals surface area contributed by atoms with Crippen molar-refractivity contribution in [3.8, 4) is 0 Å². The Morgan fingerprint density at radius 2 is 1.95 bits per heavy atom. The number of aliphatic imine (C=N–C) groups is 1. The summed E-state index contributed by atoms with van der Waals surface area (Å²) in [5.74, 6) is 0.600. The van der Waals surface area contributed by atoms with Gasteiger partial charge in [0, 0.05) is 20.1 Å². The summed E-state index contributed by atoms with van der Waals surface area (Å²) in [6, 6.07) is 5.29. The van der Waals surface area contributed by atoms with Crippen molar-refractivity contribution in [2.75, 3.05) is 13.6 Å². The van der Waals surface area contributed by atoms with E-state index in [0.29, 0.717) is 18.1 Å². The second-order valence-corrected chi connectivity index (χ2v) is 4.76. The second-order valence-electron chi connectivity index (χ2n) is 4.76. The maximum Gasteiger partial charge on any atom is 0.416 e. The molecule has 0 atom stereocenters. The molecule has 1 aromatic rings. The van der Waals surface area contributed by atoms with Crippen molar-refractivity contribution in [1.29, 1.82) is 0 Å². The Morgan fingerprint density at radius 1 is 1.19 bits per heavy atom. The van der Waals surface area contributed by atoms with Crippen LogP contribution in [0.25, 0.3) is 0 Å². The first-order chi connectivity index (χ1) is 9.97. The van der Waals surface area contributed by atoms with E-state index < -0.39 is 11.7 Å². The predicted molar refractivity (Wildman–Crippen MR) is 79.2 cm³/mol. The molecule has 0 saturated carbocycles. The van der Waals surface area contributed by atoms with Gasteiger partial charge in [0.05, 0.1) is 5.56 Å². The molecule has 2 N–H and O–H groups in total. The molecule has 3 nitrogen and oxygen atoms in total. The van der Waals surface area contributed by atoms with Gasteiger partial charge < -0.3 is 10.6 Å². The molecule has 6 heteroatoms. The third kappa shape index (κ3) is 6.51. The number of rotatable bonds is 6. The second kappa shape index (κ2) is 8.54. The van der Waals surface area contributed by atoms with E-state index in [4.69, 9.17) is 0 Å². The number of nitrogens with zero attached hydrogens (tertiary/aromatic N) is 1. The summed E-state index contributed by atoms with van der Waals surface area (Å²) in [6.45, 7) is 3.23. The molecule has 1 rings (SSSR count). The highest BCUT2D eigenvalue weighted by molar-refractivity contribution is 5.79. The molecule has 0 bridgehead atoms. The Kier molecular flexibility index (Phi) is 7.05. The van der Waals surface area contributed by atoms with Gasteiger partial charge in [0.1, 0.15) is 0 Å². The largest absolute Gasteiger partial charge is 0.416 e. The van der Waals surface area contributed by atoms with E-state index in [9.17, 15) is 13.2 Å². The zero-order valence-corrected chi connectivity index (χ0v) is 12.4. The first kappa shape index (κ1) is 17.3. The average Bonchev–Trinajstić information content (AvgIpc) is 2.46. The third-order valence-electron chi connectivity index (χ3n) is 3.01. The number of benzene rings is 1. The fourth-order valence-electron chi connectivity index (χ4n) is 1.85. The third-order valence-corrected chi connectivity index (χ3v) is 3.01. The van der Waals surface area contributed by atoms with Gasteiger partial charge in [0.15, 0.2) is 5.96 Å². The molecule has 0 fully saturated rings. The van der Waals surface area contributed by atoms with Crippen LogP contribution >= 0.6 is 0 Å². The van der Waals surface area contributed by atoms with Crippen LogP contribution in [0, 0.1) is 0 Å². The lowest BCUT2D eigenvalue weighted by molar-refractivity contribution is -0.137. The molecule has 0 aromatic heterocycles. The van der Waals surface area contributed by atoms with Gasteiger partial charge in [0.2, 0.25) is 0 Å². The van der Waals surface area contributed by atoms with Crippen LogP contribution in [0.5, 0.6) is 0 Å². The van der Waals surface area contributed by atoms with Gasteiger partial charge in [-0.15, -0.1) is 0 Å². The Balaban J connectivity index is 2.50. The molecule has 0 amide bonds. The minimum atomic E-state index is -4.31. The molecule has 0 spiro atoms. The lowest BCUT2D eigenvalue weighted by atomic mass is 10.1. The SMILES string of the molecule is CCCCCNC(=NC)NCc1cccc(C(F)(F)F)c1. The van der Waals surface area contributed by atoms with Gasteiger partial charge in [-0.05, 0) is 24.1 Å². The van der Waals surface area contributed by atoms with Gasteiger partial charge in [0.25, 0.3) is 0 Å². The lowest BCUT2D eigenvalue weighted by Crippen LogP contribution is -2.37. The van der Waals surface area contributed by atoms with Crippen molar-refractivity contribution < 1.29 is 13.2 Å². The van der Waals surface area contributed by atoms with Gasteiger partial charge >= 0.3 is 6.18 Å². The van der Waals surface area contributed by atoms with E-state index in [1.54, 1.807) is 13.1 Å². The van der Waals surface area contributed by atoms with Crippen LogP contribution in [0.1, 0.15) is 37.3 Å². The van der Waals surface area contributed by atoms with Crippen LogP contribution in [0.3, 0.4) is 0 Å².